The molecule has 2 aromatic heterocycles. The number of nitrogens with zero attached hydrogens (tertiary/aromatic N) is 3. The molecule has 0 spiro atoms. The Morgan fingerprint density at radius 2 is 2.04 bits per heavy atom. The highest BCUT2D eigenvalue weighted by atomic mass is 32.1. The summed E-state index contributed by atoms with van der Waals surface area (Å²) >= 11 is 1.68. The predicted octanol–water partition coefficient (Wildman–Crippen LogP) is 4.60. The van der Waals surface area contributed by atoms with E-state index in [4.69, 9.17) is 0 Å². The molecule has 6 heteroatoms. The fourth-order valence-electron chi connectivity index (χ4n) is 4.17. The minimum absolute atomic E-state index is 0.0896. The van der Waals surface area contributed by atoms with Gasteiger partial charge in [-0.25, -0.2) is 9.97 Å². The minimum Gasteiger partial charge on any atom is -0.356 e. The molecule has 0 atom stereocenters. The third-order valence-corrected chi connectivity index (χ3v) is 6.67. The number of amides is 1. The third-order valence-electron chi connectivity index (χ3n) is 5.57. The van der Waals surface area contributed by atoms with Crippen molar-refractivity contribution >= 4 is 27.5 Å². The Labute approximate surface area is 170 Å². The number of nitrogens with one attached hydrogen (secondary N) is 1. The van der Waals surface area contributed by atoms with E-state index in [9.17, 15) is 4.79 Å². The Balaban J connectivity index is 1.26. The maximum Gasteiger partial charge on any atom is 0.220 e. The van der Waals surface area contributed by atoms with Crippen molar-refractivity contribution in [3.63, 3.8) is 0 Å². The van der Waals surface area contributed by atoms with Crippen molar-refractivity contribution in [2.45, 2.75) is 64.3 Å². The molecular formula is C22H28N4OS. The van der Waals surface area contributed by atoms with Crippen LogP contribution in [-0.4, -0.2) is 27.0 Å². The second-order valence-electron chi connectivity index (χ2n) is 7.65. The van der Waals surface area contributed by atoms with Gasteiger partial charge in [-0.3, -0.25) is 4.79 Å². The quantitative estimate of drug-likeness (QED) is 0.635. The molecule has 0 bridgehead atoms. The summed E-state index contributed by atoms with van der Waals surface area (Å²) in [4.78, 5) is 21.5. The van der Waals surface area contributed by atoms with Crippen LogP contribution in [0.3, 0.4) is 0 Å². The van der Waals surface area contributed by atoms with Crippen molar-refractivity contribution < 1.29 is 4.79 Å². The Bertz CT molecular complexity index is 906. The number of para-hydroxylation sites is 1. The number of rotatable bonds is 7. The molecule has 1 aromatic carbocycles. The Kier molecular flexibility index (Phi) is 6.05. The fourth-order valence-corrected chi connectivity index (χ4v) is 5.14. The third kappa shape index (κ3) is 4.43. The van der Waals surface area contributed by atoms with Crippen LogP contribution in [0.2, 0.25) is 0 Å². The zero-order valence-electron chi connectivity index (χ0n) is 16.5. The topological polar surface area (TPSA) is 59.8 Å². The van der Waals surface area contributed by atoms with Gasteiger partial charge in [0.25, 0.3) is 0 Å². The predicted molar refractivity (Wildman–Crippen MR) is 114 cm³/mol. The number of imidazole rings is 1. The van der Waals surface area contributed by atoms with Gasteiger partial charge in [0.05, 0.1) is 15.2 Å². The van der Waals surface area contributed by atoms with Crippen LogP contribution < -0.4 is 5.32 Å². The molecule has 5 nitrogen and oxygen atoms in total. The molecule has 1 aliphatic rings. The molecule has 0 aliphatic heterocycles. The molecule has 1 aliphatic carbocycles. The summed E-state index contributed by atoms with van der Waals surface area (Å²) < 4.78 is 3.59. The van der Waals surface area contributed by atoms with Crippen LogP contribution in [0.5, 0.6) is 0 Å². The van der Waals surface area contributed by atoms with Gasteiger partial charge in [0.2, 0.25) is 5.91 Å². The zero-order valence-corrected chi connectivity index (χ0v) is 17.3. The van der Waals surface area contributed by atoms with E-state index in [0.717, 1.165) is 22.8 Å². The number of aromatic nitrogens is 3. The highest BCUT2D eigenvalue weighted by Crippen LogP contribution is 2.30. The van der Waals surface area contributed by atoms with Crippen molar-refractivity contribution in [3.05, 3.63) is 47.0 Å². The maximum atomic E-state index is 12.3. The molecule has 0 radical (unpaired) electrons. The monoisotopic (exact) mass is 396 g/mol. The molecule has 0 unspecified atom stereocenters. The van der Waals surface area contributed by atoms with Crippen molar-refractivity contribution in [3.8, 4) is 0 Å². The second-order valence-corrected chi connectivity index (χ2v) is 8.77. The number of hydrogen-bond acceptors (Lipinski definition) is 4. The van der Waals surface area contributed by atoms with E-state index >= 15 is 0 Å². The van der Waals surface area contributed by atoms with E-state index < -0.39 is 0 Å². The Morgan fingerprint density at radius 3 is 2.86 bits per heavy atom. The summed E-state index contributed by atoms with van der Waals surface area (Å²) in [5, 5.41) is 4.09. The molecule has 2 heterocycles. The summed E-state index contributed by atoms with van der Waals surface area (Å²) in [6.07, 6.45) is 10.4. The van der Waals surface area contributed by atoms with E-state index in [1.54, 1.807) is 11.3 Å². The summed E-state index contributed by atoms with van der Waals surface area (Å²) in [5.41, 5.74) is 2.26. The molecule has 1 fully saturated rings. The lowest BCUT2D eigenvalue weighted by Crippen LogP contribution is -2.27. The second kappa shape index (κ2) is 8.86. The van der Waals surface area contributed by atoms with Gasteiger partial charge in [0, 0.05) is 43.7 Å². The molecule has 3 aromatic rings. The number of carbonyl (C=O) groups is 1. The number of aryl methyl sites for hydroxylation is 2. The Morgan fingerprint density at radius 1 is 1.21 bits per heavy atom. The van der Waals surface area contributed by atoms with Gasteiger partial charge in [-0.05, 0) is 31.9 Å². The van der Waals surface area contributed by atoms with E-state index in [2.05, 4.69) is 32.8 Å². The van der Waals surface area contributed by atoms with Gasteiger partial charge < -0.3 is 9.88 Å². The van der Waals surface area contributed by atoms with Crippen LogP contribution in [0.25, 0.3) is 10.2 Å². The molecule has 148 valence electrons. The lowest BCUT2D eigenvalue weighted by molar-refractivity contribution is -0.121. The molecule has 28 heavy (non-hydrogen) atoms. The van der Waals surface area contributed by atoms with Gasteiger partial charge in [0.1, 0.15) is 5.82 Å². The van der Waals surface area contributed by atoms with E-state index in [1.807, 2.05) is 24.4 Å². The average Bonchev–Trinajstić information content (AvgIpc) is 3.30. The highest BCUT2D eigenvalue weighted by Gasteiger charge is 2.19. The normalized spacial score (nSPS) is 15.2. The van der Waals surface area contributed by atoms with Crippen LogP contribution >= 0.6 is 11.3 Å². The number of carbonyl (C=O) groups excluding carboxylic acids is 1. The number of fused-ring (bicyclic) bond motifs is 1. The summed E-state index contributed by atoms with van der Waals surface area (Å²) in [5.74, 6) is 1.20. The van der Waals surface area contributed by atoms with Crippen LogP contribution in [0.1, 0.15) is 61.1 Å². The van der Waals surface area contributed by atoms with Crippen molar-refractivity contribution in [2.24, 2.45) is 0 Å². The first kappa shape index (κ1) is 19.1. The van der Waals surface area contributed by atoms with Crippen molar-refractivity contribution in [1.82, 2.24) is 19.9 Å². The van der Waals surface area contributed by atoms with Crippen LogP contribution in [0.4, 0.5) is 0 Å². The van der Waals surface area contributed by atoms with Crippen LogP contribution in [0.15, 0.2) is 30.5 Å². The lowest BCUT2D eigenvalue weighted by Gasteiger charge is -2.26. The molecule has 1 saturated carbocycles. The molecule has 1 amide bonds. The van der Waals surface area contributed by atoms with Crippen LogP contribution in [-0.2, 0) is 17.6 Å². The lowest BCUT2D eigenvalue weighted by atomic mass is 9.95. The summed E-state index contributed by atoms with van der Waals surface area (Å²) in [7, 11) is 0. The number of hydrogen-bond donors (Lipinski definition) is 1. The fraction of sp³-hybridized carbons (Fsp3) is 0.500. The zero-order chi connectivity index (χ0) is 19.3. The van der Waals surface area contributed by atoms with Gasteiger partial charge in [-0.2, -0.15) is 0 Å². The summed E-state index contributed by atoms with van der Waals surface area (Å²) in [6, 6.07) is 8.70. The van der Waals surface area contributed by atoms with E-state index in [1.165, 1.54) is 42.5 Å². The molecule has 0 saturated heterocycles. The molecule has 1 N–H and O–H groups in total. The van der Waals surface area contributed by atoms with Gasteiger partial charge >= 0.3 is 0 Å². The Hall–Kier alpha value is -2.21. The standard InChI is InChI=1S/C22H28N4OS/c1-16-15-24-20(26(16)17-7-3-2-4-8-17)13-14-23-21(27)11-12-22-25-18-9-5-6-10-19(18)28-22/h5-6,9-10,15,17H,2-4,7-8,11-14H2,1H3,(H,23,27). The van der Waals surface area contributed by atoms with Crippen LogP contribution in [0, 0.1) is 6.92 Å². The SMILES string of the molecule is Cc1cnc(CCNC(=O)CCc2nc3ccccc3s2)n1C1CCCCC1. The number of thiazole rings is 1. The van der Waals surface area contributed by atoms with Gasteiger partial charge in [0.15, 0.2) is 0 Å². The largest absolute Gasteiger partial charge is 0.356 e. The highest BCUT2D eigenvalue weighted by molar-refractivity contribution is 7.18. The first-order valence-corrected chi connectivity index (χ1v) is 11.2. The molecular weight excluding hydrogens is 368 g/mol. The minimum atomic E-state index is 0.0896. The van der Waals surface area contributed by atoms with Crippen molar-refractivity contribution in [1.29, 1.82) is 0 Å². The maximum absolute atomic E-state index is 12.3. The van der Waals surface area contributed by atoms with Gasteiger partial charge in [-0.1, -0.05) is 31.4 Å². The number of benzene rings is 1. The molecule has 4 rings (SSSR count). The van der Waals surface area contributed by atoms with Crippen molar-refractivity contribution in [2.75, 3.05) is 6.54 Å². The first-order valence-electron chi connectivity index (χ1n) is 10.3. The van der Waals surface area contributed by atoms with E-state index in [-0.39, 0.29) is 5.91 Å². The van der Waals surface area contributed by atoms with Gasteiger partial charge in [-0.15, -0.1) is 11.3 Å². The first-order chi connectivity index (χ1) is 13.7. The smallest absolute Gasteiger partial charge is 0.220 e. The summed E-state index contributed by atoms with van der Waals surface area (Å²) in [6.45, 7) is 2.78. The average molecular weight is 397 g/mol. The van der Waals surface area contributed by atoms with E-state index in [0.29, 0.717) is 25.4 Å².